The first kappa shape index (κ1) is 16.4. The molecule has 0 aromatic heterocycles. The molecule has 0 saturated heterocycles. The summed E-state index contributed by atoms with van der Waals surface area (Å²) < 4.78 is 10.2. The minimum Gasteiger partial charge on any atom is -0.394 e. The van der Waals surface area contributed by atoms with Gasteiger partial charge in [0.2, 0.25) is 0 Å². The van der Waals surface area contributed by atoms with Gasteiger partial charge in [-0.1, -0.05) is 11.6 Å². The number of hydrogen-bond donors (Lipinski definition) is 4. The lowest BCUT2D eigenvalue weighted by Crippen LogP contribution is -2.50. The highest BCUT2D eigenvalue weighted by Gasteiger charge is 2.20. The molecular formula is C10H15ClNO4P. The molecule has 7 heteroatoms. The molecule has 0 heterocycles. The van der Waals surface area contributed by atoms with E-state index in [1.54, 1.807) is 24.3 Å². The van der Waals surface area contributed by atoms with E-state index in [4.69, 9.17) is 32.7 Å². The predicted molar refractivity (Wildman–Crippen MR) is 66.9 cm³/mol. The molecule has 0 amide bonds. The summed E-state index contributed by atoms with van der Waals surface area (Å²) in [5.74, 6) is 0. The van der Waals surface area contributed by atoms with Crippen LogP contribution in [0.2, 0.25) is 5.02 Å². The summed E-state index contributed by atoms with van der Waals surface area (Å²) in [6.07, 6.45) is 0. The van der Waals surface area contributed by atoms with Crippen LogP contribution in [0.15, 0.2) is 24.3 Å². The van der Waals surface area contributed by atoms with E-state index in [2.05, 4.69) is 0 Å². The van der Waals surface area contributed by atoms with Gasteiger partial charge in [0.05, 0.1) is 25.4 Å². The lowest BCUT2D eigenvalue weighted by Gasteiger charge is -2.20. The van der Waals surface area contributed by atoms with E-state index < -0.39 is 25.4 Å². The molecule has 17 heavy (non-hydrogen) atoms. The van der Waals surface area contributed by atoms with Gasteiger partial charge in [-0.2, -0.15) is 0 Å². The van der Waals surface area contributed by atoms with Crippen LogP contribution in [-0.2, 0) is 4.57 Å². The van der Waals surface area contributed by atoms with Crippen molar-refractivity contribution in [1.82, 2.24) is 0 Å². The van der Waals surface area contributed by atoms with E-state index in [9.17, 15) is 4.57 Å². The quantitative estimate of drug-likeness (QED) is 0.577. The van der Waals surface area contributed by atoms with Crippen molar-refractivity contribution < 1.29 is 19.9 Å². The molecule has 0 saturated carbocycles. The van der Waals surface area contributed by atoms with E-state index >= 15 is 0 Å². The Balaban J connectivity index is 0.000000304. The Kier molecular flexibility index (Phi) is 8.25. The number of rotatable bonds is 4. The third kappa shape index (κ3) is 6.68. The molecule has 5 nitrogen and oxygen atoms in total. The molecule has 1 aromatic carbocycles. The molecule has 0 radical (unpaired) electrons. The van der Waals surface area contributed by atoms with Crippen LogP contribution in [0.4, 0.5) is 0 Å². The lowest BCUT2D eigenvalue weighted by molar-refractivity contribution is 0.0698. The molecule has 0 aliphatic rings. The number of benzene rings is 1. The molecule has 1 rings (SSSR count). The number of nitrogens with two attached hydrogens (primary N) is 1. The molecule has 0 atom stereocenters. The summed E-state index contributed by atoms with van der Waals surface area (Å²) in [6, 6.07) is 6.86. The highest BCUT2D eigenvalue weighted by Crippen LogP contribution is 2.06. The maximum Gasteiger partial charge on any atom is 0.192 e. The normalized spacial score (nSPS) is 10.9. The van der Waals surface area contributed by atoms with Gasteiger partial charge in [0, 0.05) is 10.3 Å². The van der Waals surface area contributed by atoms with Gasteiger partial charge in [-0.15, -0.1) is 0 Å². The molecule has 0 fully saturated rings. The second-order valence-corrected chi connectivity index (χ2v) is 4.54. The Hall–Kier alpha value is -0.550. The number of hydrogen-bond acceptors (Lipinski definition) is 5. The van der Waals surface area contributed by atoms with Gasteiger partial charge >= 0.3 is 0 Å². The first-order chi connectivity index (χ1) is 8.01. The zero-order valence-corrected chi connectivity index (χ0v) is 10.7. The van der Waals surface area contributed by atoms with Crippen LogP contribution in [-0.4, -0.2) is 40.7 Å². The molecule has 5 N–H and O–H groups in total. The van der Waals surface area contributed by atoms with Crippen LogP contribution in [0.25, 0.3) is 0 Å². The first-order valence-corrected chi connectivity index (χ1v) is 5.90. The molecule has 0 spiro atoms. The van der Waals surface area contributed by atoms with E-state index in [0.29, 0.717) is 5.02 Å². The smallest absolute Gasteiger partial charge is 0.192 e. The molecule has 96 valence electrons. The van der Waals surface area contributed by atoms with Gasteiger partial charge < -0.3 is 21.1 Å². The fourth-order valence-corrected chi connectivity index (χ4v) is 1.05. The Labute approximate surface area is 106 Å². The monoisotopic (exact) mass is 279 g/mol. The summed E-state index contributed by atoms with van der Waals surface area (Å²) in [5.41, 5.74) is 3.94. The van der Waals surface area contributed by atoms with Crippen molar-refractivity contribution in [3.63, 3.8) is 0 Å². The summed E-state index contributed by atoms with van der Waals surface area (Å²) in [6.45, 7) is -1.21. The Bertz CT molecular complexity index is 321. The van der Waals surface area contributed by atoms with Gasteiger partial charge in [0.1, 0.15) is 0 Å². The van der Waals surface area contributed by atoms with Crippen LogP contribution in [0.1, 0.15) is 0 Å². The van der Waals surface area contributed by atoms with Crippen LogP contribution >= 0.6 is 20.1 Å². The molecular weight excluding hydrogens is 265 g/mol. The van der Waals surface area contributed by atoms with Gasteiger partial charge in [0.25, 0.3) is 0 Å². The van der Waals surface area contributed by atoms with Gasteiger partial charge in [-0.05, 0) is 24.3 Å². The van der Waals surface area contributed by atoms with E-state index in [1.165, 1.54) is 0 Å². The maximum atomic E-state index is 10.2. The maximum absolute atomic E-state index is 10.2. The second-order valence-electron chi connectivity index (χ2n) is 3.40. The fourth-order valence-electron chi connectivity index (χ4n) is 0.652. The van der Waals surface area contributed by atoms with Crippen LogP contribution in [0.3, 0.4) is 0 Å². The minimum atomic E-state index is -1.21. The highest BCUT2D eigenvalue weighted by molar-refractivity contribution is 7.34. The molecule has 0 aliphatic heterocycles. The lowest BCUT2D eigenvalue weighted by atomic mass is 10.1. The van der Waals surface area contributed by atoms with Crippen LogP contribution in [0, 0.1) is 0 Å². The standard InChI is InChI=1S/C6H4ClOP.C4H11NO3/c7-5-1-3-6(9-8)4-2-5;5-4(1-6,2-7)3-8/h1-4H;6-8H,1-3,5H2. The first-order valence-electron chi connectivity index (χ1n) is 4.71. The Morgan fingerprint density at radius 3 is 1.76 bits per heavy atom. The zero-order valence-electron chi connectivity index (χ0n) is 9.08. The van der Waals surface area contributed by atoms with Crippen molar-refractivity contribution in [2.75, 3.05) is 19.8 Å². The molecule has 0 aliphatic carbocycles. The zero-order chi connectivity index (χ0) is 13.3. The minimum absolute atomic E-state index is 0.0433. The largest absolute Gasteiger partial charge is 0.394 e. The Morgan fingerprint density at radius 1 is 1.12 bits per heavy atom. The Morgan fingerprint density at radius 2 is 1.53 bits per heavy atom. The third-order valence-corrected chi connectivity index (χ3v) is 2.64. The average molecular weight is 280 g/mol. The molecule has 1 aromatic rings. The third-order valence-electron chi connectivity index (χ3n) is 1.88. The number of halogens is 1. The van der Waals surface area contributed by atoms with E-state index in [0.717, 1.165) is 5.30 Å². The molecule has 0 unspecified atom stereocenters. The summed E-state index contributed by atoms with van der Waals surface area (Å²) in [4.78, 5) is 0. The van der Waals surface area contributed by atoms with Crippen molar-refractivity contribution in [3.8, 4) is 0 Å². The van der Waals surface area contributed by atoms with Gasteiger partial charge in [0.15, 0.2) is 8.46 Å². The van der Waals surface area contributed by atoms with Gasteiger partial charge in [-0.25, -0.2) is 0 Å². The topological polar surface area (TPSA) is 104 Å². The molecule has 0 bridgehead atoms. The van der Waals surface area contributed by atoms with Gasteiger partial charge in [-0.3, -0.25) is 4.57 Å². The van der Waals surface area contributed by atoms with E-state index in [-0.39, 0.29) is 8.46 Å². The van der Waals surface area contributed by atoms with Crippen molar-refractivity contribution in [2.24, 2.45) is 5.73 Å². The fraction of sp³-hybridized carbons (Fsp3) is 0.400. The van der Waals surface area contributed by atoms with Crippen molar-refractivity contribution in [1.29, 1.82) is 0 Å². The average Bonchev–Trinajstić information content (AvgIpc) is 2.39. The summed E-state index contributed by atoms with van der Waals surface area (Å²) in [5, 5.41) is 26.4. The van der Waals surface area contributed by atoms with Crippen LogP contribution in [0.5, 0.6) is 0 Å². The summed E-state index contributed by atoms with van der Waals surface area (Å²) >= 11 is 5.56. The van der Waals surface area contributed by atoms with Crippen LogP contribution < -0.4 is 11.0 Å². The second kappa shape index (κ2) is 8.53. The summed E-state index contributed by atoms with van der Waals surface area (Å²) in [7, 11) is 0.0433. The number of aliphatic hydroxyl groups is 3. The van der Waals surface area contributed by atoms with Crippen molar-refractivity contribution in [2.45, 2.75) is 5.54 Å². The van der Waals surface area contributed by atoms with E-state index in [1.807, 2.05) is 0 Å². The van der Waals surface area contributed by atoms with Crippen molar-refractivity contribution >= 4 is 25.4 Å². The van der Waals surface area contributed by atoms with Crippen molar-refractivity contribution in [3.05, 3.63) is 29.3 Å². The SMILES string of the molecule is NC(CO)(CO)CO.O=Pc1ccc(Cl)cc1. The predicted octanol–water partition coefficient (Wildman–Crippen LogP) is -0.0822. The number of aliphatic hydroxyl groups excluding tert-OH is 3. The highest BCUT2D eigenvalue weighted by atomic mass is 35.5.